The molecule has 7 nitrogen and oxygen atoms in total. The number of cyclic esters (lactones) is 1. The van der Waals surface area contributed by atoms with Crippen molar-refractivity contribution in [2.45, 2.75) is 89.1 Å². The van der Waals surface area contributed by atoms with Crippen molar-refractivity contribution < 1.29 is 29.2 Å². The third-order valence-corrected chi connectivity index (χ3v) is 9.47. The first-order valence-electron chi connectivity index (χ1n) is 13.1. The predicted octanol–water partition coefficient (Wildman–Crippen LogP) is 2.31. The van der Waals surface area contributed by atoms with Crippen molar-refractivity contribution in [2.75, 3.05) is 20.2 Å². The Labute approximate surface area is 203 Å². The summed E-state index contributed by atoms with van der Waals surface area (Å²) in [4.78, 5) is 15.6. The second kappa shape index (κ2) is 9.00. The van der Waals surface area contributed by atoms with Gasteiger partial charge in [0.15, 0.2) is 6.10 Å². The molecule has 3 aliphatic heterocycles. The molecule has 190 valence electrons. The van der Waals surface area contributed by atoms with E-state index in [9.17, 15) is 15.0 Å². The zero-order chi connectivity index (χ0) is 24.4. The lowest BCUT2D eigenvalue weighted by Crippen LogP contribution is -2.59. The van der Waals surface area contributed by atoms with Crippen LogP contribution in [0.1, 0.15) is 47.0 Å². The molecule has 2 saturated heterocycles. The summed E-state index contributed by atoms with van der Waals surface area (Å²) in [6.45, 7) is 9.99. The third kappa shape index (κ3) is 3.53. The van der Waals surface area contributed by atoms with E-state index in [4.69, 9.17) is 14.2 Å². The van der Waals surface area contributed by atoms with Gasteiger partial charge in [-0.25, -0.2) is 4.79 Å². The van der Waals surface area contributed by atoms with Gasteiger partial charge in [-0.2, -0.15) is 0 Å². The summed E-state index contributed by atoms with van der Waals surface area (Å²) in [6, 6.07) is 0.176. The van der Waals surface area contributed by atoms with Crippen LogP contribution in [0, 0.1) is 29.6 Å². The van der Waals surface area contributed by atoms with E-state index in [0.29, 0.717) is 6.42 Å². The molecular weight excluding hydrogens is 434 g/mol. The maximum absolute atomic E-state index is 13.1. The van der Waals surface area contributed by atoms with E-state index in [2.05, 4.69) is 37.0 Å². The van der Waals surface area contributed by atoms with Gasteiger partial charge in [0, 0.05) is 42.7 Å². The number of ether oxygens (including phenoxy) is 3. The number of esters is 1. The van der Waals surface area contributed by atoms with Gasteiger partial charge in [-0.1, -0.05) is 32.1 Å². The largest absolute Gasteiger partial charge is 0.457 e. The molecule has 1 saturated carbocycles. The van der Waals surface area contributed by atoms with Gasteiger partial charge in [-0.05, 0) is 51.8 Å². The van der Waals surface area contributed by atoms with Crippen LogP contribution in [-0.2, 0) is 19.0 Å². The van der Waals surface area contributed by atoms with Gasteiger partial charge >= 0.3 is 5.97 Å². The lowest BCUT2D eigenvalue weighted by Gasteiger charge is -2.50. The maximum atomic E-state index is 13.1. The Bertz CT molecular complexity index is 850. The fraction of sp³-hybridized carbons (Fsp3) is 0.815. The SMILES string of the molecule is CO[C@H]1C[C@H]2C=C[C@H]3[C@H]4O[C@]2(/C(C)=C/[C@@H](C)[C@@H](C(C)O)OC1=O)[C@@H]3[C@H](O)[C@@H](C)[C@@H]4N1CCCC1. The molecule has 4 bridgehead atoms. The van der Waals surface area contributed by atoms with E-state index in [1.54, 1.807) is 6.92 Å². The summed E-state index contributed by atoms with van der Waals surface area (Å²) in [7, 11) is 1.53. The lowest BCUT2D eigenvalue weighted by molar-refractivity contribution is -0.172. The maximum Gasteiger partial charge on any atom is 0.335 e. The molecule has 5 aliphatic rings. The van der Waals surface area contributed by atoms with Gasteiger partial charge in [0.25, 0.3) is 0 Å². The topological polar surface area (TPSA) is 88.5 Å². The number of carbonyl (C=O) groups excluding carboxylic acids is 1. The minimum absolute atomic E-state index is 0.00450. The van der Waals surface area contributed by atoms with Gasteiger partial charge in [-0.15, -0.1) is 0 Å². The highest BCUT2D eigenvalue weighted by Crippen LogP contribution is 2.61. The van der Waals surface area contributed by atoms with E-state index in [1.807, 2.05) is 6.92 Å². The van der Waals surface area contributed by atoms with Crippen LogP contribution in [-0.4, -0.2) is 83.4 Å². The molecule has 0 radical (unpaired) electrons. The summed E-state index contributed by atoms with van der Waals surface area (Å²) >= 11 is 0. The molecule has 5 rings (SSSR count). The van der Waals surface area contributed by atoms with Crippen molar-refractivity contribution in [2.24, 2.45) is 29.6 Å². The highest BCUT2D eigenvalue weighted by atomic mass is 16.6. The molecule has 34 heavy (non-hydrogen) atoms. The Hall–Kier alpha value is -1.25. The van der Waals surface area contributed by atoms with E-state index in [1.165, 1.54) is 20.0 Å². The molecule has 0 amide bonds. The van der Waals surface area contributed by atoms with Crippen LogP contribution in [0.4, 0.5) is 0 Å². The summed E-state index contributed by atoms with van der Waals surface area (Å²) in [5, 5.41) is 22.2. The van der Waals surface area contributed by atoms with E-state index in [0.717, 1.165) is 18.7 Å². The Morgan fingerprint density at radius 1 is 1.24 bits per heavy atom. The second-order valence-corrected chi connectivity index (χ2v) is 11.4. The van der Waals surface area contributed by atoms with Crippen LogP contribution in [0.5, 0.6) is 0 Å². The normalized spacial score (nSPS) is 51.4. The number of likely N-dealkylation sites (tertiary alicyclic amines) is 1. The predicted molar refractivity (Wildman–Crippen MR) is 127 cm³/mol. The number of nitrogens with zero attached hydrogens (tertiary/aromatic N) is 1. The molecule has 3 fully saturated rings. The van der Waals surface area contributed by atoms with Crippen molar-refractivity contribution in [3.05, 3.63) is 23.8 Å². The highest BCUT2D eigenvalue weighted by molar-refractivity contribution is 5.75. The van der Waals surface area contributed by atoms with Crippen LogP contribution in [0.2, 0.25) is 0 Å². The van der Waals surface area contributed by atoms with Gasteiger partial charge in [0.2, 0.25) is 0 Å². The number of aliphatic hydroxyl groups excluding tert-OH is 2. The van der Waals surface area contributed by atoms with Gasteiger partial charge in [0.1, 0.15) is 11.7 Å². The number of carbonyl (C=O) groups is 1. The minimum Gasteiger partial charge on any atom is -0.457 e. The highest BCUT2D eigenvalue weighted by Gasteiger charge is 2.68. The first kappa shape index (κ1) is 24.4. The van der Waals surface area contributed by atoms with Crippen molar-refractivity contribution in [3.63, 3.8) is 0 Å². The Balaban J connectivity index is 1.62. The summed E-state index contributed by atoms with van der Waals surface area (Å²) in [5.41, 5.74) is 0.344. The van der Waals surface area contributed by atoms with E-state index < -0.39 is 36.0 Å². The molecular formula is C27H41NO6. The fourth-order valence-corrected chi connectivity index (χ4v) is 7.92. The molecule has 1 spiro atoms. The zero-order valence-corrected chi connectivity index (χ0v) is 21.1. The van der Waals surface area contributed by atoms with Crippen molar-refractivity contribution in [1.82, 2.24) is 4.90 Å². The quantitative estimate of drug-likeness (QED) is 0.478. The van der Waals surface area contributed by atoms with Crippen LogP contribution in [0.3, 0.4) is 0 Å². The Kier molecular flexibility index (Phi) is 6.47. The smallest absolute Gasteiger partial charge is 0.335 e. The molecule has 1 unspecified atom stereocenters. The standard InChI is InChI=1S/C27H41NO6/c1-14-12-15(2)27-18(13-20(32-5)26(31)33-24(14)17(4)29)8-9-19-21(27)23(30)16(3)22(25(19)34-27)28-10-6-7-11-28/h8-9,12,14,16-25,29-30H,6-7,10-11,13H2,1-5H3/b15-12+/t14-,16+,17?,18-,19-,20+,21+,22+,23-,24+,25-,27+/m1/s1. The number of methoxy groups -OCH3 is 1. The zero-order valence-electron chi connectivity index (χ0n) is 21.1. The average Bonchev–Trinajstić information content (AvgIpc) is 3.38. The third-order valence-electron chi connectivity index (χ3n) is 9.47. The molecule has 2 aliphatic carbocycles. The van der Waals surface area contributed by atoms with Crippen LogP contribution < -0.4 is 0 Å². The monoisotopic (exact) mass is 475 g/mol. The van der Waals surface area contributed by atoms with Crippen molar-refractivity contribution in [3.8, 4) is 0 Å². The van der Waals surface area contributed by atoms with Crippen LogP contribution in [0.25, 0.3) is 0 Å². The molecule has 3 heterocycles. The molecule has 0 aromatic heterocycles. The van der Waals surface area contributed by atoms with E-state index >= 15 is 0 Å². The van der Waals surface area contributed by atoms with E-state index in [-0.39, 0.29) is 41.7 Å². The molecule has 0 aromatic carbocycles. The lowest BCUT2D eigenvalue weighted by atomic mass is 9.57. The molecule has 2 N–H and O–H groups in total. The van der Waals surface area contributed by atoms with Crippen LogP contribution in [0.15, 0.2) is 23.8 Å². The van der Waals surface area contributed by atoms with Gasteiger partial charge in [-0.3, -0.25) is 4.90 Å². The Morgan fingerprint density at radius 3 is 2.59 bits per heavy atom. The summed E-state index contributed by atoms with van der Waals surface area (Å²) in [6.07, 6.45) is 6.56. The summed E-state index contributed by atoms with van der Waals surface area (Å²) < 4.78 is 18.5. The fourth-order valence-electron chi connectivity index (χ4n) is 7.92. The minimum atomic E-state index is -0.818. The van der Waals surface area contributed by atoms with Gasteiger partial charge < -0.3 is 24.4 Å². The second-order valence-electron chi connectivity index (χ2n) is 11.4. The molecule has 12 atom stereocenters. The van der Waals surface area contributed by atoms with Crippen LogP contribution >= 0.6 is 0 Å². The van der Waals surface area contributed by atoms with Crippen molar-refractivity contribution >= 4 is 5.97 Å². The summed E-state index contributed by atoms with van der Waals surface area (Å²) in [5.74, 6) is -0.638. The van der Waals surface area contributed by atoms with Gasteiger partial charge in [0.05, 0.1) is 18.3 Å². The molecule has 7 heteroatoms. The average molecular weight is 476 g/mol. The first-order valence-corrected chi connectivity index (χ1v) is 13.1. The number of rotatable bonds is 3. The van der Waals surface area contributed by atoms with Crippen molar-refractivity contribution in [1.29, 1.82) is 0 Å². The number of hydrogen-bond donors (Lipinski definition) is 2. The first-order chi connectivity index (χ1) is 16.2. The molecule has 0 aromatic rings. The Morgan fingerprint density at radius 2 is 1.94 bits per heavy atom. The number of hydrogen-bond acceptors (Lipinski definition) is 7. The number of aliphatic hydroxyl groups is 2.